The third-order valence-corrected chi connectivity index (χ3v) is 4.21. The predicted molar refractivity (Wildman–Crippen MR) is 88.7 cm³/mol. The fourth-order valence-electron chi connectivity index (χ4n) is 2.54. The van der Waals surface area contributed by atoms with E-state index < -0.39 is 0 Å². The van der Waals surface area contributed by atoms with E-state index in [0.717, 1.165) is 23.9 Å². The van der Waals surface area contributed by atoms with E-state index in [2.05, 4.69) is 65.9 Å². The number of nitrogens with zero attached hydrogens (tertiary/aromatic N) is 1. The van der Waals surface area contributed by atoms with Gasteiger partial charge >= 0.3 is 0 Å². The second-order valence-electron chi connectivity index (χ2n) is 5.48. The Balaban J connectivity index is 3.05. The molecule has 0 bridgehead atoms. The van der Waals surface area contributed by atoms with Gasteiger partial charge in [-0.05, 0) is 44.4 Å². The summed E-state index contributed by atoms with van der Waals surface area (Å²) in [6, 6.07) is 9.09. The van der Waals surface area contributed by atoms with Crippen molar-refractivity contribution in [3.05, 3.63) is 34.3 Å². The van der Waals surface area contributed by atoms with Crippen LogP contribution in [0.5, 0.6) is 0 Å². The minimum atomic E-state index is 0.0947. The molecule has 1 aromatic carbocycles. The fourth-order valence-corrected chi connectivity index (χ4v) is 2.80. The molecule has 20 heavy (non-hydrogen) atoms. The highest BCUT2D eigenvalue weighted by Crippen LogP contribution is 2.28. The average molecular weight is 343 g/mol. The van der Waals surface area contributed by atoms with Crippen molar-refractivity contribution in [2.24, 2.45) is 5.73 Å². The zero-order valence-electron chi connectivity index (χ0n) is 12.7. The Hall–Kier alpha value is -0.420. The standard InChI is InChI=1S/C16H27BrN2O/c1-4-15(18)16(13-6-8-14(17)9-7-13)19(12(2)3)10-5-11-20/h6-9,12,15-16,20H,4-5,10-11,18H2,1-3H3. The maximum Gasteiger partial charge on any atom is 0.0501 e. The molecule has 114 valence electrons. The van der Waals surface area contributed by atoms with Gasteiger partial charge in [0, 0.05) is 29.7 Å². The van der Waals surface area contributed by atoms with Crippen LogP contribution in [0.15, 0.2) is 28.7 Å². The van der Waals surface area contributed by atoms with Crippen LogP contribution in [-0.2, 0) is 0 Å². The summed E-state index contributed by atoms with van der Waals surface area (Å²) in [5.74, 6) is 0. The zero-order chi connectivity index (χ0) is 15.1. The molecule has 3 nitrogen and oxygen atoms in total. The first-order valence-electron chi connectivity index (χ1n) is 7.38. The predicted octanol–water partition coefficient (Wildman–Crippen LogP) is 3.32. The van der Waals surface area contributed by atoms with Gasteiger partial charge < -0.3 is 10.8 Å². The molecular weight excluding hydrogens is 316 g/mol. The molecule has 0 saturated carbocycles. The molecule has 0 heterocycles. The molecule has 0 fully saturated rings. The Morgan fingerprint density at radius 1 is 1.25 bits per heavy atom. The second-order valence-corrected chi connectivity index (χ2v) is 6.39. The summed E-state index contributed by atoms with van der Waals surface area (Å²) < 4.78 is 1.08. The largest absolute Gasteiger partial charge is 0.396 e. The lowest BCUT2D eigenvalue weighted by molar-refractivity contribution is 0.118. The van der Waals surface area contributed by atoms with E-state index in [1.807, 2.05) is 0 Å². The molecule has 4 heteroatoms. The van der Waals surface area contributed by atoms with Gasteiger partial charge in [0.1, 0.15) is 0 Å². The summed E-state index contributed by atoms with van der Waals surface area (Å²) in [7, 11) is 0. The van der Waals surface area contributed by atoms with Gasteiger partial charge in [0.2, 0.25) is 0 Å². The van der Waals surface area contributed by atoms with Crippen molar-refractivity contribution in [1.29, 1.82) is 0 Å². The van der Waals surface area contributed by atoms with Gasteiger partial charge in [-0.25, -0.2) is 0 Å². The van der Waals surface area contributed by atoms with Gasteiger partial charge in [-0.15, -0.1) is 0 Å². The van der Waals surface area contributed by atoms with E-state index in [0.29, 0.717) is 6.04 Å². The van der Waals surface area contributed by atoms with Gasteiger partial charge in [0.15, 0.2) is 0 Å². The first kappa shape index (κ1) is 17.6. The van der Waals surface area contributed by atoms with E-state index in [4.69, 9.17) is 10.8 Å². The molecule has 0 radical (unpaired) electrons. The Bertz CT molecular complexity index is 381. The number of hydrogen-bond donors (Lipinski definition) is 2. The van der Waals surface area contributed by atoms with Crippen LogP contribution in [-0.4, -0.2) is 35.2 Å². The Kier molecular flexibility index (Phi) is 7.74. The highest BCUT2D eigenvalue weighted by molar-refractivity contribution is 9.10. The number of halogens is 1. The maximum atomic E-state index is 9.12. The minimum absolute atomic E-state index is 0.0947. The lowest BCUT2D eigenvalue weighted by Crippen LogP contribution is -2.44. The molecule has 0 aliphatic heterocycles. The summed E-state index contributed by atoms with van der Waals surface area (Å²) in [4.78, 5) is 2.40. The van der Waals surface area contributed by atoms with Gasteiger partial charge in [-0.1, -0.05) is 35.0 Å². The summed E-state index contributed by atoms with van der Waals surface area (Å²) >= 11 is 3.48. The minimum Gasteiger partial charge on any atom is -0.396 e. The Morgan fingerprint density at radius 3 is 2.30 bits per heavy atom. The molecule has 0 saturated heterocycles. The van der Waals surface area contributed by atoms with Crippen LogP contribution in [0.3, 0.4) is 0 Å². The van der Waals surface area contributed by atoms with E-state index in [-0.39, 0.29) is 18.7 Å². The first-order chi connectivity index (χ1) is 9.51. The van der Waals surface area contributed by atoms with Crippen molar-refractivity contribution in [2.45, 2.75) is 51.7 Å². The average Bonchev–Trinajstić information content (AvgIpc) is 2.43. The van der Waals surface area contributed by atoms with Crippen molar-refractivity contribution < 1.29 is 5.11 Å². The second kappa shape index (κ2) is 8.78. The van der Waals surface area contributed by atoms with Crippen LogP contribution in [0.2, 0.25) is 0 Å². The molecule has 0 spiro atoms. The summed E-state index contributed by atoms with van der Waals surface area (Å²) in [6.07, 6.45) is 1.71. The van der Waals surface area contributed by atoms with Gasteiger partial charge in [0.25, 0.3) is 0 Å². The lowest BCUT2D eigenvalue weighted by atomic mass is 9.95. The third kappa shape index (κ3) is 4.85. The van der Waals surface area contributed by atoms with Crippen LogP contribution >= 0.6 is 15.9 Å². The Morgan fingerprint density at radius 2 is 1.85 bits per heavy atom. The zero-order valence-corrected chi connectivity index (χ0v) is 14.3. The van der Waals surface area contributed by atoms with Crippen LogP contribution in [0, 0.1) is 0 Å². The van der Waals surface area contributed by atoms with Crippen LogP contribution in [0.25, 0.3) is 0 Å². The number of rotatable bonds is 8. The summed E-state index contributed by atoms with van der Waals surface area (Å²) in [5.41, 5.74) is 7.63. The number of aliphatic hydroxyl groups is 1. The van der Waals surface area contributed by atoms with Gasteiger partial charge in [-0.3, -0.25) is 4.90 Å². The van der Waals surface area contributed by atoms with E-state index in [1.54, 1.807) is 0 Å². The van der Waals surface area contributed by atoms with Crippen LogP contribution < -0.4 is 5.73 Å². The molecular formula is C16H27BrN2O. The highest BCUT2D eigenvalue weighted by atomic mass is 79.9. The third-order valence-electron chi connectivity index (χ3n) is 3.68. The molecule has 0 aromatic heterocycles. The maximum absolute atomic E-state index is 9.12. The van der Waals surface area contributed by atoms with E-state index >= 15 is 0 Å². The first-order valence-corrected chi connectivity index (χ1v) is 8.18. The van der Waals surface area contributed by atoms with Crippen molar-refractivity contribution in [2.75, 3.05) is 13.2 Å². The topological polar surface area (TPSA) is 49.5 Å². The summed E-state index contributed by atoms with van der Waals surface area (Å²) in [6.45, 7) is 7.58. The SMILES string of the molecule is CCC(N)C(c1ccc(Br)cc1)N(CCCO)C(C)C. The number of benzene rings is 1. The number of nitrogens with two attached hydrogens (primary N) is 1. The molecule has 0 amide bonds. The quantitative estimate of drug-likeness (QED) is 0.761. The number of hydrogen-bond acceptors (Lipinski definition) is 3. The normalized spacial score (nSPS) is 14.8. The van der Waals surface area contributed by atoms with E-state index in [1.165, 1.54) is 5.56 Å². The van der Waals surface area contributed by atoms with Crippen molar-refractivity contribution >= 4 is 15.9 Å². The molecule has 1 rings (SSSR count). The molecule has 1 aromatic rings. The molecule has 2 unspecified atom stereocenters. The number of aliphatic hydroxyl groups excluding tert-OH is 1. The molecule has 0 aliphatic rings. The van der Waals surface area contributed by atoms with Gasteiger partial charge in [-0.2, -0.15) is 0 Å². The van der Waals surface area contributed by atoms with Crippen LogP contribution in [0.1, 0.15) is 45.2 Å². The van der Waals surface area contributed by atoms with Crippen LogP contribution in [0.4, 0.5) is 0 Å². The van der Waals surface area contributed by atoms with Crippen molar-refractivity contribution in [3.63, 3.8) is 0 Å². The smallest absolute Gasteiger partial charge is 0.0501 e. The lowest BCUT2D eigenvalue weighted by Gasteiger charge is -2.38. The molecule has 2 atom stereocenters. The molecule has 3 N–H and O–H groups in total. The molecule has 0 aliphatic carbocycles. The fraction of sp³-hybridized carbons (Fsp3) is 0.625. The van der Waals surface area contributed by atoms with Crippen molar-refractivity contribution in [1.82, 2.24) is 4.90 Å². The van der Waals surface area contributed by atoms with E-state index in [9.17, 15) is 0 Å². The highest BCUT2D eigenvalue weighted by Gasteiger charge is 2.27. The summed E-state index contributed by atoms with van der Waals surface area (Å²) in [5, 5.41) is 9.12. The Labute approximate surface area is 131 Å². The monoisotopic (exact) mass is 342 g/mol. The van der Waals surface area contributed by atoms with Crippen molar-refractivity contribution in [3.8, 4) is 0 Å². The van der Waals surface area contributed by atoms with Gasteiger partial charge in [0.05, 0.1) is 6.04 Å².